The zero-order chi connectivity index (χ0) is 14.9. The number of nitrogens with zero attached hydrogens (tertiary/aromatic N) is 2. The molecule has 0 fully saturated rings. The van der Waals surface area contributed by atoms with Crippen LogP contribution in [0.1, 0.15) is 11.3 Å². The number of aromatic nitrogens is 2. The number of ether oxygens (including phenoxy) is 1. The number of carboxylic acid groups (broad SMARTS) is 1. The number of halogens is 1. The molecule has 6 heteroatoms. The van der Waals surface area contributed by atoms with Gasteiger partial charge < -0.3 is 9.84 Å². The van der Waals surface area contributed by atoms with E-state index < -0.39 is 5.97 Å². The molecular formula is C14H15BrN2O3. The summed E-state index contributed by atoms with van der Waals surface area (Å²) in [5.74, 6) is -0.167. The minimum Gasteiger partial charge on any atom is -0.496 e. The van der Waals surface area contributed by atoms with Crippen molar-refractivity contribution in [3.8, 4) is 17.0 Å². The fourth-order valence-electron chi connectivity index (χ4n) is 2.24. The fourth-order valence-corrected chi connectivity index (χ4v) is 2.60. The van der Waals surface area contributed by atoms with Gasteiger partial charge >= 0.3 is 5.97 Å². The number of benzene rings is 1. The van der Waals surface area contributed by atoms with Crippen LogP contribution >= 0.6 is 15.9 Å². The highest BCUT2D eigenvalue weighted by molar-refractivity contribution is 9.10. The Morgan fingerprint density at radius 3 is 2.80 bits per heavy atom. The number of rotatable bonds is 4. The number of aryl methyl sites for hydroxylation is 1. The Hall–Kier alpha value is -1.82. The van der Waals surface area contributed by atoms with Gasteiger partial charge in [0, 0.05) is 17.1 Å². The number of carbonyl (C=O) groups is 1. The molecule has 1 aromatic carbocycles. The van der Waals surface area contributed by atoms with Crippen LogP contribution in [0.15, 0.2) is 22.7 Å². The molecule has 0 saturated carbocycles. The Kier molecular flexibility index (Phi) is 4.13. The monoisotopic (exact) mass is 338 g/mol. The molecular weight excluding hydrogens is 324 g/mol. The topological polar surface area (TPSA) is 64.3 Å². The highest BCUT2D eigenvalue weighted by atomic mass is 79.9. The molecule has 2 rings (SSSR count). The lowest BCUT2D eigenvalue weighted by Gasteiger charge is -2.10. The van der Waals surface area contributed by atoms with E-state index >= 15 is 0 Å². The maximum absolute atomic E-state index is 10.9. The maximum atomic E-state index is 10.9. The van der Waals surface area contributed by atoms with E-state index in [1.807, 2.05) is 25.1 Å². The molecule has 0 spiro atoms. The van der Waals surface area contributed by atoms with Crippen LogP contribution < -0.4 is 4.74 Å². The van der Waals surface area contributed by atoms with Gasteiger partial charge in [0.2, 0.25) is 0 Å². The third kappa shape index (κ3) is 2.70. The largest absolute Gasteiger partial charge is 0.496 e. The lowest BCUT2D eigenvalue weighted by atomic mass is 10.0. The van der Waals surface area contributed by atoms with E-state index in [0.717, 1.165) is 27.0 Å². The van der Waals surface area contributed by atoms with Gasteiger partial charge in [-0.15, -0.1) is 0 Å². The van der Waals surface area contributed by atoms with Gasteiger partial charge in [-0.25, -0.2) is 0 Å². The average molecular weight is 339 g/mol. The van der Waals surface area contributed by atoms with Gasteiger partial charge in [-0.3, -0.25) is 9.48 Å². The van der Waals surface area contributed by atoms with Crippen LogP contribution in [0.25, 0.3) is 11.3 Å². The van der Waals surface area contributed by atoms with Gasteiger partial charge in [0.25, 0.3) is 0 Å². The first-order valence-corrected chi connectivity index (χ1v) is 6.81. The van der Waals surface area contributed by atoms with Crippen molar-refractivity contribution < 1.29 is 14.6 Å². The summed E-state index contributed by atoms with van der Waals surface area (Å²) in [4.78, 5) is 10.9. The molecule has 1 heterocycles. The Morgan fingerprint density at radius 2 is 2.20 bits per heavy atom. The lowest BCUT2D eigenvalue weighted by molar-refractivity contribution is -0.136. The second kappa shape index (κ2) is 5.66. The number of hydrogen-bond acceptors (Lipinski definition) is 3. The smallest absolute Gasteiger partial charge is 0.309 e. The first-order chi connectivity index (χ1) is 9.43. The van der Waals surface area contributed by atoms with Crippen molar-refractivity contribution in [3.63, 3.8) is 0 Å². The van der Waals surface area contributed by atoms with E-state index in [0.29, 0.717) is 5.69 Å². The summed E-state index contributed by atoms with van der Waals surface area (Å²) in [6.45, 7) is 1.88. The molecule has 0 bridgehead atoms. The molecule has 0 unspecified atom stereocenters. The maximum Gasteiger partial charge on any atom is 0.309 e. The number of carboxylic acids is 1. The molecule has 0 saturated heterocycles. The summed E-state index contributed by atoms with van der Waals surface area (Å²) in [6.07, 6.45) is -0.0873. The van der Waals surface area contributed by atoms with Crippen LogP contribution in [0, 0.1) is 6.92 Å². The first-order valence-electron chi connectivity index (χ1n) is 6.02. The van der Waals surface area contributed by atoms with Gasteiger partial charge in [0.05, 0.1) is 24.9 Å². The van der Waals surface area contributed by atoms with Crippen molar-refractivity contribution in [3.05, 3.63) is 33.9 Å². The summed E-state index contributed by atoms with van der Waals surface area (Å²) in [7, 11) is 3.41. The van der Waals surface area contributed by atoms with Gasteiger partial charge in [-0.1, -0.05) is 15.9 Å². The summed E-state index contributed by atoms with van der Waals surface area (Å²) in [5, 5.41) is 13.2. The Labute approximate surface area is 125 Å². The van der Waals surface area contributed by atoms with Crippen LogP contribution in [0.5, 0.6) is 5.75 Å². The Morgan fingerprint density at radius 1 is 1.50 bits per heavy atom. The Bertz CT molecular complexity index is 665. The van der Waals surface area contributed by atoms with Crippen LogP contribution in [0.3, 0.4) is 0 Å². The van der Waals surface area contributed by atoms with Crippen LogP contribution in [-0.4, -0.2) is 28.0 Å². The fraction of sp³-hybridized carbons (Fsp3) is 0.286. The SMILES string of the molecule is COc1ccc(Br)cc1-c1c(C)c(CC(=O)O)nn1C. The molecule has 1 N–H and O–H groups in total. The highest BCUT2D eigenvalue weighted by Crippen LogP contribution is 2.35. The molecule has 0 aliphatic carbocycles. The van der Waals surface area contributed by atoms with E-state index in [2.05, 4.69) is 21.0 Å². The Balaban J connectivity index is 2.61. The van der Waals surface area contributed by atoms with E-state index in [4.69, 9.17) is 9.84 Å². The van der Waals surface area contributed by atoms with E-state index in [1.165, 1.54) is 0 Å². The summed E-state index contributed by atoms with van der Waals surface area (Å²) < 4.78 is 7.99. The third-order valence-electron chi connectivity index (χ3n) is 3.12. The summed E-state index contributed by atoms with van der Waals surface area (Å²) >= 11 is 3.44. The quantitative estimate of drug-likeness (QED) is 0.930. The van der Waals surface area contributed by atoms with Crippen LogP contribution in [-0.2, 0) is 18.3 Å². The van der Waals surface area contributed by atoms with Crippen LogP contribution in [0.4, 0.5) is 0 Å². The zero-order valence-corrected chi connectivity index (χ0v) is 13.1. The summed E-state index contributed by atoms with van der Waals surface area (Å²) in [6, 6.07) is 5.70. The zero-order valence-electron chi connectivity index (χ0n) is 11.5. The third-order valence-corrected chi connectivity index (χ3v) is 3.61. The number of hydrogen-bond donors (Lipinski definition) is 1. The molecule has 0 radical (unpaired) electrons. The minimum atomic E-state index is -0.890. The van der Waals surface area contributed by atoms with Gasteiger partial charge in [0.1, 0.15) is 5.75 Å². The van der Waals surface area contributed by atoms with Crippen molar-refractivity contribution in [2.24, 2.45) is 7.05 Å². The van der Waals surface area contributed by atoms with E-state index in [1.54, 1.807) is 18.8 Å². The molecule has 2 aromatic rings. The molecule has 0 aliphatic rings. The van der Waals surface area contributed by atoms with Gasteiger partial charge in [-0.05, 0) is 30.7 Å². The molecule has 0 atom stereocenters. The predicted molar refractivity (Wildman–Crippen MR) is 79.0 cm³/mol. The molecule has 0 amide bonds. The standard InChI is InChI=1S/C14H15BrN2O3/c1-8-11(7-13(18)19)16-17(2)14(8)10-6-9(15)4-5-12(10)20-3/h4-6H,7H2,1-3H3,(H,18,19). The average Bonchev–Trinajstić information content (AvgIpc) is 2.63. The number of methoxy groups -OCH3 is 1. The highest BCUT2D eigenvalue weighted by Gasteiger charge is 2.19. The van der Waals surface area contributed by atoms with Crippen molar-refractivity contribution in [1.29, 1.82) is 0 Å². The van der Waals surface area contributed by atoms with Gasteiger partial charge in [-0.2, -0.15) is 5.10 Å². The van der Waals surface area contributed by atoms with E-state index in [9.17, 15) is 4.79 Å². The first kappa shape index (κ1) is 14.6. The van der Waals surface area contributed by atoms with Crippen molar-refractivity contribution in [2.45, 2.75) is 13.3 Å². The number of aliphatic carboxylic acids is 1. The van der Waals surface area contributed by atoms with Crippen molar-refractivity contribution in [1.82, 2.24) is 9.78 Å². The summed E-state index contributed by atoms with van der Waals surface area (Å²) in [5.41, 5.74) is 3.16. The van der Waals surface area contributed by atoms with Gasteiger partial charge in [0.15, 0.2) is 0 Å². The second-order valence-corrected chi connectivity index (χ2v) is 5.37. The van der Waals surface area contributed by atoms with Crippen molar-refractivity contribution >= 4 is 21.9 Å². The van der Waals surface area contributed by atoms with Crippen molar-refractivity contribution in [2.75, 3.05) is 7.11 Å². The molecule has 1 aromatic heterocycles. The molecule has 106 valence electrons. The molecule has 0 aliphatic heterocycles. The van der Waals surface area contributed by atoms with E-state index in [-0.39, 0.29) is 6.42 Å². The molecule has 5 nitrogen and oxygen atoms in total. The molecule has 20 heavy (non-hydrogen) atoms. The van der Waals surface area contributed by atoms with Crippen LogP contribution in [0.2, 0.25) is 0 Å². The normalized spacial score (nSPS) is 10.6. The second-order valence-electron chi connectivity index (χ2n) is 4.46. The predicted octanol–water partition coefficient (Wildman–Crippen LogP) is 2.79. The minimum absolute atomic E-state index is 0.0873. The lowest BCUT2D eigenvalue weighted by Crippen LogP contribution is -2.02.